The molecule has 1 aliphatic rings. The molecular formula is C26H22N4O3S. The molecule has 1 fully saturated rings. The Kier molecular flexibility index (Phi) is 5.24. The molecule has 34 heavy (non-hydrogen) atoms. The van der Waals surface area contributed by atoms with Gasteiger partial charge in [0.25, 0.3) is 11.5 Å². The first-order chi connectivity index (χ1) is 16.6. The molecule has 0 aliphatic carbocycles. The minimum absolute atomic E-state index is 0.0872. The lowest BCUT2D eigenvalue weighted by Gasteiger charge is -2.33. The topological polar surface area (TPSA) is 82.4 Å². The molecule has 0 unspecified atom stereocenters. The molecule has 1 aliphatic heterocycles. The molecule has 2 aromatic carbocycles. The molecule has 1 saturated heterocycles. The first-order valence-electron chi connectivity index (χ1n) is 11.2. The van der Waals surface area contributed by atoms with Crippen LogP contribution in [-0.4, -0.2) is 51.9 Å². The van der Waals surface area contributed by atoms with Crippen LogP contribution in [0.4, 0.5) is 0 Å². The highest BCUT2D eigenvalue weighted by Gasteiger charge is 2.25. The summed E-state index contributed by atoms with van der Waals surface area (Å²) in [6, 6.07) is 21.4. The van der Waals surface area contributed by atoms with Gasteiger partial charge in [0, 0.05) is 36.4 Å². The summed E-state index contributed by atoms with van der Waals surface area (Å²) in [5, 5.41) is 1.55. The van der Waals surface area contributed by atoms with Crippen molar-refractivity contribution in [3.8, 4) is 10.4 Å². The van der Waals surface area contributed by atoms with Crippen LogP contribution in [0.2, 0.25) is 0 Å². The van der Waals surface area contributed by atoms with E-state index in [9.17, 15) is 9.59 Å². The van der Waals surface area contributed by atoms with Gasteiger partial charge in [-0.25, -0.2) is 4.98 Å². The molecule has 1 amide bonds. The quantitative estimate of drug-likeness (QED) is 0.422. The second-order valence-electron chi connectivity index (χ2n) is 8.42. The summed E-state index contributed by atoms with van der Waals surface area (Å²) in [7, 11) is 0. The van der Waals surface area contributed by atoms with Crippen LogP contribution in [0.1, 0.15) is 16.4 Å². The summed E-state index contributed by atoms with van der Waals surface area (Å²) in [5.41, 5.74) is 1.69. The van der Waals surface area contributed by atoms with Crippen molar-refractivity contribution in [3.63, 3.8) is 0 Å². The number of para-hydroxylation sites is 1. The molecule has 4 heterocycles. The van der Waals surface area contributed by atoms with E-state index in [1.54, 1.807) is 6.07 Å². The number of benzene rings is 2. The fourth-order valence-corrected chi connectivity index (χ4v) is 5.42. The van der Waals surface area contributed by atoms with Crippen LogP contribution in [-0.2, 0) is 6.54 Å². The molecule has 3 aromatic heterocycles. The van der Waals surface area contributed by atoms with Crippen LogP contribution in [0.5, 0.6) is 0 Å². The van der Waals surface area contributed by atoms with Gasteiger partial charge in [-0.15, -0.1) is 11.3 Å². The first-order valence-corrected chi connectivity index (χ1v) is 12.0. The van der Waals surface area contributed by atoms with Gasteiger partial charge in [-0.1, -0.05) is 48.5 Å². The van der Waals surface area contributed by atoms with Gasteiger partial charge in [0.2, 0.25) is 0 Å². The highest BCUT2D eigenvalue weighted by Crippen LogP contribution is 2.30. The van der Waals surface area contributed by atoms with Crippen LogP contribution in [0.25, 0.3) is 31.6 Å². The van der Waals surface area contributed by atoms with E-state index in [1.165, 1.54) is 11.3 Å². The number of aromatic amines is 1. The van der Waals surface area contributed by atoms with E-state index >= 15 is 0 Å². The Bertz CT molecular complexity index is 1510. The normalized spacial score (nSPS) is 14.8. The van der Waals surface area contributed by atoms with Crippen molar-refractivity contribution in [1.82, 2.24) is 19.8 Å². The van der Waals surface area contributed by atoms with Gasteiger partial charge in [0.1, 0.15) is 16.2 Å². The number of nitrogens with one attached hydrogen (secondary N) is 1. The summed E-state index contributed by atoms with van der Waals surface area (Å²) in [6.07, 6.45) is 0. The van der Waals surface area contributed by atoms with Crippen LogP contribution >= 0.6 is 11.3 Å². The molecule has 6 rings (SSSR count). The Morgan fingerprint density at radius 3 is 2.56 bits per heavy atom. The summed E-state index contributed by atoms with van der Waals surface area (Å²) in [5.74, 6) is 0.935. The molecule has 0 radical (unpaired) electrons. The molecule has 170 valence electrons. The number of amides is 1. The molecule has 0 bridgehead atoms. The van der Waals surface area contributed by atoms with Crippen molar-refractivity contribution in [2.45, 2.75) is 6.54 Å². The highest BCUT2D eigenvalue weighted by atomic mass is 32.1. The Labute approximate surface area is 199 Å². The molecule has 7 nitrogen and oxygen atoms in total. The van der Waals surface area contributed by atoms with Crippen LogP contribution in [0.15, 0.2) is 75.9 Å². The number of hydrogen-bond acceptors (Lipinski definition) is 6. The van der Waals surface area contributed by atoms with Crippen molar-refractivity contribution < 1.29 is 9.21 Å². The maximum atomic E-state index is 12.9. The monoisotopic (exact) mass is 470 g/mol. The van der Waals surface area contributed by atoms with E-state index < -0.39 is 0 Å². The molecule has 1 N–H and O–H groups in total. The van der Waals surface area contributed by atoms with Crippen molar-refractivity contribution in [2.24, 2.45) is 0 Å². The Morgan fingerprint density at radius 1 is 1.00 bits per heavy atom. The van der Waals surface area contributed by atoms with Crippen molar-refractivity contribution in [1.29, 1.82) is 0 Å². The maximum Gasteiger partial charge on any atom is 0.289 e. The zero-order valence-corrected chi connectivity index (χ0v) is 19.2. The second kappa shape index (κ2) is 8.55. The van der Waals surface area contributed by atoms with E-state index in [1.807, 2.05) is 65.6 Å². The van der Waals surface area contributed by atoms with Gasteiger partial charge in [-0.3, -0.25) is 14.5 Å². The van der Waals surface area contributed by atoms with E-state index in [-0.39, 0.29) is 11.5 Å². The number of carbonyl (C=O) groups is 1. The fourth-order valence-electron chi connectivity index (χ4n) is 4.36. The summed E-state index contributed by atoms with van der Waals surface area (Å²) in [4.78, 5) is 39.1. The van der Waals surface area contributed by atoms with Gasteiger partial charge < -0.3 is 14.3 Å². The van der Waals surface area contributed by atoms with Crippen molar-refractivity contribution in [2.75, 3.05) is 26.2 Å². The number of rotatable bonds is 4. The number of hydrogen-bond donors (Lipinski definition) is 1. The average molecular weight is 471 g/mol. The largest absolute Gasteiger partial charge is 0.451 e. The lowest BCUT2D eigenvalue weighted by atomic mass is 10.2. The highest BCUT2D eigenvalue weighted by molar-refractivity contribution is 7.21. The molecule has 8 heteroatoms. The van der Waals surface area contributed by atoms with Crippen LogP contribution in [0.3, 0.4) is 0 Å². The average Bonchev–Trinajstić information content (AvgIpc) is 3.50. The third-order valence-corrected chi connectivity index (χ3v) is 7.26. The first kappa shape index (κ1) is 20.8. The third-order valence-electron chi connectivity index (χ3n) is 6.18. The Morgan fingerprint density at radius 2 is 1.76 bits per heavy atom. The van der Waals surface area contributed by atoms with Gasteiger partial charge in [0.05, 0.1) is 11.9 Å². The molecule has 0 spiro atoms. The predicted molar refractivity (Wildman–Crippen MR) is 133 cm³/mol. The number of fused-ring (bicyclic) bond motifs is 2. The number of piperazine rings is 1. The predicted octanol–water partition coefficient (Wildman–Crippen LogP) is 4.36. The molecule has 5 aromatic rings. The standard InChI is InChI=1S/C26H22N4O3S/c31-24-19-15-22(17-6-2-1-3-7-17)34-25(19)28-23(27-24)16-29-10-12-30(13-11-29)26(32)21-14-18-8-4-5-9-20(18)33-21/h1-9,14-15H,10-13,16H2,(H,27,28,31). The van der Waals surface area contributed by atoms with Gasteiger partial charge in [-0.05, 0) is 23.8 Å². The number of aromatic nitrogens is 2. The number of thiophene rings is 1. The van der Waals surface area contributed by atoms with Gasteiger partial charge in [-0.2, -0.15) is 0 Å². The fraction of sp³-hybridized carbons (Fsp3) is 0.192. The smallest absolute Gasteiger partial charge is 0.289 e. The summed E-state index contributed by atoms with van der Waals surface area (Å²) in [6.45, 7) is 3.14. The second-order valence-corrected chi connectivity index (χ2v) is 9.46. The van der Waals surface area contributed by atoms with Crippen molar-refractivity contribution >= 4 is 38.4 Å². The molecule has 0 atom stereocenters. The lowest BCUT2D eigenvalue weighted by molar-refractivity contribution is 0.0597. The van der Waals surface area contributed by atoms with Gasteiger partial charge in [0.15, 0.2) is 5.76 Å². The Balaban J connectivity index is 1.14. The summed E-state index contributed by atoms with van der Waals surface area (Å²) >= 11 is 1.53. The minimum Gasteiger partial charge on any atom is -0.451 e. The summed E-state index contributed by atoms with van der Waals surface area (Å²) < 4.78 is 5.74. The van der Waals surface area contributed by atoms with E-state index in [2.05, 4.69) is 9.88 Å². The number of furan rings is 1. The van der Waals surface area contributed by atoms with E-state index in [4.69, 9.17) is 9.40 Å². The van der Waals surface area contributed by atoms with Crippen molar-refractivity contribution in [3.05, 3.63) is 88.7 Å². The zero-order valence-electron chi connectivity index (χ0n) is 18.4. The molecule has 0 saturated carbocycles. The minimum atomic E-state index is -0.114. The van der Waals surface area contributed by atoms with Crippen LogP contribution in [0, 0.1) is 0 Å². The number of nitrogens with zero attached hydrogens (tertiary/aromatic N) is 3. The zero-order chi connectivity index (χ0) is 23.1. The number of carbonyl (C=O) groups excluding carboxylic acids is 1. The maximum absolute atomic E-state index is 12.9. The van der Waals surface area contributed by atoms with E-state index in [0.29, 0.717) is 49.7 Å². The van der Waals surface area contributed by atoms with E-state index in [0.717, 1.165) is 26.2 Å². The van der Waals surface area contributed by atoms with Crippen LogP contribution < -0.4 is 5.56 Å². The van der Waals surface area contributed by atoms with Gasteiger partial charge >= 0.3 is 0 Å². The third kappa shape index (κ3) is 3.91. The Hall–Kier alpha value is -3.75. The number of H-pyrrole nitrogens is 1. The lowest BCUT2D eigenvalue weighted by Crippen LogP contribution is -2.48. The molecular weight excluding hydrogens is 448 g/mol. The SMILES string of the molecule is O=C(c1cc2ccccc2o1)N1CCN(Cc2nc3sc(-c4ccccc4)cc3c(=O)[nH]2)CC1.